The van der Waals surface area contributed by atoms with Crippen molar-refractivity contribution in [2.75, 3.05) is 6.54 Å². The van der Waals surface area contributed by atoms with Crippen LogP contribution in [0.2, 0.25) is 0 Å². The quantitative estimate of drug-likeness (QED) is 0.867. The molecule has 1 heterocycles. The van der Waals surface area contributed by atoms with Crippen molar-refractivity contribution in [3.8, 4) is 0 Å². The monoisotopic (exact) mass is 323 g/mol. The Hall–Kier alpha value is -1.79. The van der Waals surface area contributed by atoms with Gasteiger partial charge < -0.3 is 0 Å². The lowest BCUT2D eigenvalue weighted by Crippen LogP contribution is -2.31. The first-order valence-corrected chi connectivity index (χ1v) is 8.46. The lowest BCUT2D eigenvalue weighted by Gasteiger charge is -2.24. The summed E-state index contributed by atoms with van der Waals surface area (Å²) in [5.41, 5.74) is 0.881. The predicted octanol–water partition coefficient (Wildman–Crippen LogP) is 3.49. The van der Waals surface area contributed by atoms with E-state index in [-0.39, 0.29) is 6.04 Å². The van der Waals surface area contributed by atoms with Crippen LogP contribution in [0.25, 0.3) is 0 Å². The molecule has 3 rings (SSSR count). The molecule has 0 amide bonds. The molecule has 2 aromatic rings. The van der Waals surface area contributed by atoms with Crippen molar-refractivity contribution in [3.63, 3.8) is 0 Å². The summed E-state index contributed by atoms with van der Waals surface area (Å²) in [5.74, 6) is -1.85. The highest BCUT2D eigenvalue weighted by atomic mass is 32.2. The standard InChI is InChI=1S/C16H15F2NO2S/c17-13-8-9-16(14(18)11-13)22(20,21)19-10-4-7-15(19)12-5-2-1-3-6-12/h1-3,5-6,8-9,11,15H,4,7,10H2. The topological polar surface area (TPSA) is 37.4 Å². The van der Waals surface area contributed by atoms with E-state index >= 15 is 0 Å². The maximum atomic E-state index is 13.9. The third-order valence-corrected chi connectivity index (χ3v) is 5.81. The van der Waals surface area contributed by atoms with Crippen LogP contribution in [0.15, 0.2) is 53.4 Å². The molecule has 0 aliphatic carbocycles. The van der Waals surface area contributed by atoms with E-state index in [1.54, 1.807) is 0 Å². The summed E-state index contributed by atoms with van der Waals surface area (Å²) in [5, 5.41) is 0. The van der Waals surface area contributed by atoms with E-state index in [9.17, 15) is 17.2 Å². The molecule has 1 saturated heterocycles. The van der Waals surface area contributed by atoms with Crippen LogP contribution in [0.4, 0.5) is 8.78 Å². The number of hydrogen-bond donors (Lipinski definition) is 0. The Labute approximate surface area is 128 Å². The molecule has 0 spiro atoms. The molecule has 22 heavy (non-hydrogen) atoms. The second kappa shape index (κ2) is 5.78. The Morgan fingerprint density at radius 1 is 1.05 bits per heavy atom. The number of hydrogen-bond acceptors (Lipinski definition) is 2. The molecular formula is C16H15F2NO2S. The van der Waals surface area contributed by atoms with Crippen LogP contribution in [0.5, 0.6) is 0 Å². The number of benzene rings is 2. The summed E-state index contributed by atoms with van der Waals surface area (Å²) in [6, 6.07) is 11.5. The Bertz CT molecular complexity index is 778. The molecule has 0 N–H and O–H groups in total. The summed E-state index contributed by atoms with van der Waals surface area (Å²) in [6.07, 6.45) is 1.40. The lowest BCUT2D eigenvalue weighted by atomic mass is 10.1. The zero-order valence-electron chi connectivity index (χ0n) is 11.7. The van der Waals surface area contributed by atoms with Crippen molar-refractivity contribution in [2.24, 2.45) is 0 Å². The highest BCUT2D eigenvalue weighted by molar-refractivity contribution is 7.89. The van der Waals surface area contributed by atoms with Crippen LogP contribution >= 0.6 is 0 Å². The largest absolute Gasteiger partial charge is 0.246 e. The first kappa shape index (κ1) is 15.1. The van der Waals surface area contributed by atoms with E-state index in [0.29, 0.717) is 25.5 Å². The molecule has 1 fully saturated rings. The summed E-state index contributed by atoms with van der Waals surface area (Å²) in [6.45, 7) is 0.332. The lowest BCUT2D eigenvalue weighted by molar-refractivity contribution is 0.393. The zero-order chi connectivity index (χ0) is 15.7. The second-order valence-electron chi connectivity index (χ2n) is 5.26. The molecular weight excluding hydrogens is 308 g/mol. The molecule has 1 atom stereocenters. The van der Waals surface area contributed by atoms with Crippen molar-refractivity contribution in [2.45, 2.75) is 23.8 Å². The van der Waals surface area contributed by atoms with Crippen LogP contribution in [0.3, 0.4) is 0 Å². The molecule has 1 aliphatic heterocycles. The normalized spacial score (nSPS) is 19.5. The number of halogens is 2. The van der Waals surface area contributed by atoms with Gasteiger partial charge in [-0.2, -0.15) is 4.31 Å². The third-order valence-electron chi connectivity index (χ3n) is 3.87. The van der Waals surface area contributed by atoms with E-state index in [1.807, 2.05) is 30.3 Å². The van der Waals surface area contributed by atoms with E-state index in [1.165, 1.54) is 4.31 Å². The van der Waals surface area contributed by atoms with Crippen LogP contribution in [-0.4, -0.2) is 19.3 Å². The van der Waals surface area contributed by atoms with E-state index in [4.69, 9.17) is 0 Å². The van der Waals surface area contributed by atoms with Crippen molar-refractivity contribution < 1.29 is 17.2 Å². The van der Waals surface area contributed by atoms with E-state index in [2.05, 4.69) is 0 Å². The van der Waals surface area contributed by atoms with Crippen LogP contribution < -0.4 is 0 Å². The molecule has 1 aliphatic rings. The first-order valence-electron chi connectivity index (χ1n) is 7.02. The zero-order valence-corrected chi connectivity index (χ0v) is 12.6. The summed E-state index contributed by atoms with van der Waals surface area (Å²) >= 11 is 0. The van der Waals surface area contributed by atoms with Gasteiger partial charge in [0.15, 0.2) is 0 Å². The SMILES string of the molecule is O=S(=O)(c1ccc(F)cc1F)N1CCCC1c1ccccc1. The molecule has 0 saturated carbocycles. The van der Waals surface area contributed by atoms with Crippen LogP contribution in [0.1, 0.15) is 24.4 Å². The van der Waals surface area contributed by atoms with Crippen molar-refractivity contribution >= 4 is 10.0 Å². The van der Waals surface area contributed by atoms with Crippen LogP contribution in [-0.2, 0) is 10.0 Å². The minimum atomic E-state index is -3.99. The summed E-state index contributed by atoms with van der Waals surface area (Å²) < 4.78 is 53.6. The Morgan fingerprint density at radius 3 is 2.45 bits per heavy atom. The number of rotatable bonds is 3. The molecule has 6 heteroatoms. The first-order chi connectivity index (χ1) is 10.5. The summed E-state index contributed by atoms with van der Waals surface area (Å²) in [7, 11) is -3.99. The van der Waals surface area contributed by atoms with Gasteiger partial charge in [-0.3, -0.25) is 0 Å². The molecule has 2 aromatic carbocycles. The van der Waals surface area contributed by atoms with Gasteiger partial charge in [-0.25, -0.2) is 17.2 Å². The third kappa shape index (κ3) is 2.64. The number of sulfonamides is 1. The van der Waals surface area contributed by atoms with Crippen molar-refractivity contribution in [1.82, 2.24) is 4.31 Å². The maximum absolute atomic E-state index is 13.9. The van der Waals surface area contributed by atoms with Crippen molar-refractivity contribution in [1.29, 1.82) is 0 Å². The smallest absolute Gasteiger partial charge is 0.207 e. The predicted molar refractivity (Wildman–Crippen MR) is 78.7 cm³/mol. The molecule has 1 unspecified atom stereocenters. The fraction of sp³-hybridized carbons (Fsp3) is 0.250. The average Bonchev–Trinajstić information content (AvgIpc) is 2.98. The molecule has 3 nitrogen and oxygen atoms in total. The van der Waals surface area contributed by atoms with Gasteiger partial charge in [0.2, 0.25) is 10.0 Å². The van der Waals surface area contributed by atoms with Crippen LogP contribution in [0, 0.1) is 11.6 Å². The summed E-state index contributed by atoms with van der Waals surface area (Å²) in [4.78, 5) is -0.475. The van der Waals surface area contributed by atoms with Gasteiger partial charge in [-0.15, -0.1) is 0 Å². The van der Waals surface area contributed by atoms with E-state index in [0.717, 1.165) is 17.7 Å². The Balaban J connectivity index is 2.01. The van der Waals surface area contributed by atoms with Crippen molar-refractivity contribution in [3.05, 3.63) is 65.7 Å². The Morgan fingerprint density at radius 2 is 1.77 bits per heavy atom. The minimum Gasteiger partial charge on any atom is -0.207 e. The molecule has 116 valence electrons. The van der Waals surface area contributed by atoms with Gasteiger partial charge in [-0.05, 0) is 30.5 Å². The minimum absolute atomic E-state index is 0.310. The molecule has 0 radical (unpaired) electrons. The average molecular weight is 323 g/mol. The fourth-order valence-electron chi connectivity index (χ4n) is 2.85. The number of nitrogens with zero attached hydrogens (tertiary/aromatic N) is 1. The van der Waals surface area contributed by atoms with Gasteiger partial charge in [0.25, 0.3) is 0 Å². The van der Waals surface area contributed by atoms with Gasteiger partial charge in [0.05, 0.1) is 6.04 Å². The molecule has 0 bridgehead atoms. The highest BCUT2D eigenvalue weighted by Gasteiger charge is 2.37. The highest BCUT2D eigenvalue weighted by Crippen LogP contribution is 2.36. The maximum Gasteiger partial charge on any atom is 0.246 e. The second-order valence-corrected chi connectivity index (χ2v) is 7.12. The van der Waals surface area contributed by atoms with Gasteiger partial charge >= 0.3 is 0 Å². The molecule has 0 aromatic heterocycles. The van der Waals surface area contributed by atoms with Gasteiger partial charge in [0.1, 0.15) is 16.5 Å². The van der Waals surface area contributed by atoms with E-state index < -0.39 is 26.6 Å². The van der Waals surface area contributed by atoms with Gasteiger partial charge in [0, 0.05) is 12.6 Å². The van der Waals surface area contributed by atoms with Gasteiger partial charge in [-0.1, -0.05) is 30.3 Å². The Kier molecular flexibility index (Phi) is 3.97. The fourth-order valence-corrected chi connectivity index (χ4v) is 4.58.